The van der Waals surface area contributed by atoms with Crippen LogP contribution in [0.4, 0.5) is 18.9 Å². The molecule has 168 valence electrons. The van der Waals surface area contributed by atoms with Crippen LogP contribution in [-0.2, 0) is 14.3 Å². The second-order valence-electron chi connectivity index (χ2n) is 6.67. The number of nitrogens with one attached hydrogen (secondary N) is 3. The Morgan fingerprint density at radius 2 is 1.81 bits per heavy atom. The normalized spacial score (nSPS) is 11.7. The van der Waals surface area contributed by atoms with Crippen molar-refractivity contribution in [2.45, 2.75) is 13.0 Å². The Bertz CT molecular complexity index is 1190. The number of methoxy groups -OCH3 is 1. The van der Waals surface area contributed by atoms with Gasteiger partial charge in [0.05, 0.1) is 19.3 Å². The van der Waals surface area contributed by atoms with E-state index < -0.39 is 53.6 Å². The van der Waals surface area contributed by atoms with E-state index in [1.165, 1.54) is 14.0 Å². The summed E-state index contributed by atoms with van der Waals surface area (Å²) in [5.74, 6) is -6.60. The number of ether oxygens (including phenoxy) is 2. The van der Waals surface area contributed by atoms with Crippen molar-refractivity contribution in [3.05, 3.63) is 59.5 Å². The first-order valence-electron chi connectivity index (χ1n) is 9.28. The van der Waals surface area contributed by atoms with Gasteiger partial charge in [0.15, 0.2) is 23.6 Å². The summed E-state index contributed by atoms with van der Waals surface area (Å²) in [5.41, 5.74) is 0.159. The van der Waals surface area contributed by atoms with E-state index in [0.29, 0.717) is 17.3 Å². The highest BCUT2D eigenvalue weighted by molar-refractivity contribution is 5.98. The molecule has 0 aliphatic heterocycles. The first-order chi connectivity index (χ1) is 15.2. The molecule has 1 aromatic heterocycles. The number of carbonyl (C=O) groups excluding carboxylic acids is 3. The molecule has 0 aliphatic rings. The van der Waals surface area contributed by atoms with Crippen LogP contribution >= 0.6 is 0 Å². The molecule has 1 atom stereocenters. The highest BCUT2D eigenvalue weighted by Crippen LogP contribution is 2.22. The van der Waals surface area contributed by atoms with E-state index in [9.17, 15) is 27.6 Å². The third-order valence-corrected chi connectivity index (χ3v) is 4.44. The Morgan fingerprint density at radius 1 is 1.06 bits per heavy atom. The maximum atomic E-state index is 13.6. The molecule has 3 aromatic rings. The Labute approximate surface area is 179 Å². The predicted molar refractivity (Wildman–Crippen MR) is 108 cm³/mol. The van der Waals surface area contributed by atoms with Crippen molar-refractivity contribution >= 4 is 34.4 Å². The van der Waals surface area contributed by atoms with Crippen molar-refractivity contribution in [3.63, 3.8) is 0 Å². The zero-order valence-corrected chi connectivity index (χ0v) is 16.9. The average molecular weight is 449 g/mol. The minimum Gasteiger partial charge on any atom is -0.497 e. The van der Waals surface area contributed by atoms with E-state index in [1.807, 2.05) is 5.32 Å². The van der Waals surface area contributed by atoms with Crippen LogP contribution < -0.4 is 15.4 Å². The van der Waals surface area contributed by atoms with Crippen LogP contribution in [-0.4, -0.2) is 42.5 Å². The van der Waals surface area contributed by atoms with Gasteiger partial charge in [-0.15, -0.1) is 0 Å². The number of benzene rings is 2. The summed E-state index contributed by atoms with van der Waals surface area (Å²) >= 11 is 0. The van der Waals surface area contributed by atoms with Crippen molar-refractivity contribution in [2.24, 2.45) is 0 Å². The zero-order chi connectivity index (χ0) is 23.4. The maximum absolute atomic E-state index is 13.6. The molecular weight excluding hydrogens is 431 g/mol. The first-order valence-corrected chi connectivity index (χ1v) is 9.28. The van der Waals surface area contributed by atoms with Crippen LogP contribution in [0.1, 0.15) is 17.4 Å². The molecule has 0 saturated carbocycles. The lowest BCUT2D eigenvalue weighted by molar-refractivity contribution is -0.130. The van der Waals surface area contributed by atoms with Crippen molar-refractivity contribution in [2.75, 3.05) is 19.0 Å². The average Bonchev–Trinajstić information content (AvgIpc) is 3.21. The highest BCUT2D eigenvalue weighted by atomic mass is 19.2. The minimum absolute atomic E-state index is 0.111. The molecule has 0 aliphatic carbocycles. The summed E-state index contributed by atoms with van der Waals surface area (Å²) in [4.78, 5) is 39.1. The number of halogens is 3. The number of H-pyrrole nitrogens is 1. The standard InChI is InChI=1S/C21H18F3N3O5/c1-10(32-21(30)16-7-11-3-4-12(31-2)8-15(11)26-16)20(29)25-9-17(28)27-14-6-5-13(22)18(23)19(14)24/h3-8,10,26H,9H2,1-2H3,(H,25,29)(H,27,28). The highest BCUT2D eigenvalue weighted by Gasteiger charge is 2.21. The van der Waals surface area contributed by atoms with Gasteiger partial charge in [0.25, 0.3) is 5.91 Å². The number of hydrogen-bond acceptors (Lipinski definition) is 5. The molecule has 0 radical (unpaired) electrons. The van der Waals surface area contributed by atoms with Crippen molar-refractivity contribution < 1.29 is 37.0 Å². The molecule has 2 amide bonds. The lowest BCUT2D eigenvalue weighted by Gasteiger charge is -2.13. The Hall–Kier alpha value is -4.02. The molecule has 11 heteroatoms. The van der Waals surface area contributed by atoms with Crippen LogP contribution in [0.25, 0.3) is 10.9 Å². The molecule has 1 heterocycles. The van der Waals surface area contributed by atoms with E-state index in [1.54, 1.807) is 24.3 Å². The molecular formula is C21H18F3N3O5. The van der Waals surface area contributed by atoms with Gasteiger partial charge < -0.3 is 25.1 Å². The third-order valence-electron chi connectivity index (χ3n) is 4.44. The molecule has 0 fully saturated rings. The Balaban J connectivity index is 1.54. The van der Waals surface area contributed by atoms with Crippen LogP contribution in [0, 0.1) is 17.5 Å². The van der Waals surface area contributed by atoms with E-state index in [2.05, 4.69) is 10.3 Å². The second-order valence-corrected chi connectivity index (χ2v) is 6.67. The SMILES string of the molecule is COc1ccc2cc(C(=O)OC(C)C(=O)NCC(=O)Nc3ccc(F)c(F)c3F)[nH]c2c1. The van der Waals surface area contributed by atoms with Gasteiger partial charge in [-0.3, -0.25) is 9.59 Å². The summed E-state index contributed by atoms with van der Waals surface area (Å²) in [6, 6.07) is 8.19. The molecule has 2 aromatic carbocycles. The van der Waals surface area contributed by atoms with Gasteiger partial charge in [-0.1, -0.05) is 0 Å². The Kier molecular flexibility index (Phi) is 6.67. The van der Waals surface area contributed by atoms with E-state index in [-0.39, 0.29) is 5.69 Å². The van der Waals surface area contributed by atoms with Gasteiger partial charge in [0.2, 0.25) is 5.91 Å². The number of aromatic nitrogens is 1. The zero-order valence-electron chi connectivity index (χ0n) is 16.9. The molecule has 0 saturated heterocycles. The molecule has 1 unspecified atom stereocenters. The summed E-state index contributed by atoms with van der Waals surface area (Å²) < 4.78 is 49.9. The van der Waals surface area contributed by atoms with Gasteiger partial charge in [0.1, 0.15) is 11.4 Å². The predicted octanol–water partition coefficient (Wildman–Crippen LogP) is 2.89. The summed E-state index contributed by atoms with van der Waals surface area (Å²) in [7, 11) is 1.51. The third kappa shape index (κ3) is 4.99. The molecule has 3 N–H and O–H groups in total. The number of rotatable bonds is 7. The lowest BCUT2D eigenvalue weighted by atomic mass is 10.2. The van der Waals surface area contributed by atoms with Gasteiger partial charge in [0, 0.05) is 17.0 Å². The van der Waals surface area contributed by atoms with Crippen LogP contribution in [0.15, 0.2) is 36.4 Å². The number of aromatic amines is 1. The largest absolute Gasteiger partial charge is 0.497 e. The van der Waals surface area contributed by atoms with Gasteiger partial charge in [-0.05, 0) is 37.3 Å². The van der Waals surface area contributed by atoms with E-state index in [4.69, 9.17) is 9.47 Å². The van der Waals surface area contributed by atoms with Crippen LogP contribution in [0.2, 0.25) is 0 Å². The number of hydrogen-bond donors (Lipinski definition) is 3. The van der Waals surface area contributed by atoms with Crippen molar-refractivity contribution in [3.8, 4) is 5.75 Å². The minimum atomic E-state index is -1.73. The number of amides is 2. The van der Waals surface area contributed by atoms with Crippen molar-refractivity contribution in [1.82, 2.24) is 10.3 Å². The summed E-state index contributed by atoms with van der Waals surface area (Å²) in [6.07, 6.45) is -1.25. The summed E-state index contributed by atoms with van der Waals surface area (Å²) in [5, 5.41) is 4.94. The fraction of sp³-hybridized carbons (Fsp3) is 0.190. The van der Waals surface area contributed by atoms with Gasteiger partial charge in [-0.25, -0.2) is 18.0 Å². The van der Waals surface area contributed by atoms with Crippen LogP contribution in [0.5, 0.6) is 5.75 Å². The van der Waals surface area contributed by atoms with Crippen LogP contribution in [0.3, 0.4) is 0 Å². The number of esters is 1. The van der Waals surface area contributed by atoms with Gasteiger partial charge in [-0.2, -0.15) is 0 Å². The molecule has 32 heavy (non-hydrogen) atoms. The topological polar surface area (TPSA) is 110 Å². The van der Waals surface area contributed by atoms with E-state index in [0.717, 1.165) is 11.5 Å². The number of fused-ring (bicyclic) bond motifs is 1. The smallest absolute Gasteiger partial charge is 0.355 e. The monoisotopic (exact) mass is 449 g/mol. The lowest BCUT2D eigenvalue weighted by Crippen LogP contribution is -2.40. The Morgan fingerprint density at radius 3 is 2.53 bits per heavy atom. The number of carbonyl (C=O) groups is 3. The fourth-order valence-corrected chi connectivity index (χ4v) is 2.75. The molecule has 3 rings (SSSR count). The molecule has 8 nitrogen and oxygen atoms in total. The first kappa shape index (κ1) is 22.7. The quantitative estimate of drug-likeness (QED) is 0.380. The molecule has 0 spiro atoms. The van der Waals surface area contributed by atoms with Gasteiger partial charge >= 0.3 is 5.97 Å². The van der Waals surface area contributed by atoms with E-state index >= 15 is 0 Å². The maximum Gasteiger partial charge on any atom is 0.355 e. The number of anilines is 1. The summed E-state index contributed by atoms with van der Waals surface area (Å²) in [6.45, 7) is 0.678. The second kappa shape index (κ2) is 9.41. The van der Waals surface area contributed by atoms with Crippen molar-refractivity contribution in [1.29, 1.82) is 0 Å². The molecule has 0 bridgehead atoms. The fourth-order valence-electron chi connectivity index (χ4n) is 2.75.